The van der Waals surface area contributed by atoms with Crippen LogP contribution in [0.1, 0.15) is 43.0 Å². The molecule has 0 aliphatic heterocycles. The Hall–Kier alpha value is -3.39. The lowest BCUT2D eigenvalue weighted by Crippen LogP contribution is -2.25. The van der Waals surface area contributed by atoms with Gasteiger partial charge in [-0.1, -0.05) is 0 Å². The van der Waals surface area contributed by atoms with Crippen LogP contribution in [-0.2, 0) is 23.1 Å². The van der Waals surface area contributed by atoms with E-state index in [4.69, 9.17) is 0 Å². The van der Waals surface area contributed by atoms with E-state index in [1.54, 1.807) is 6.07 Å². The van der Waals surface area contributed by atoms with Crippen LogP contribution in [0.15, 0.2) is 36.9 Å². The first-order valence-corrected chi connectivity index (χ1v) is 12.2. The molecule has 1 atom stereocenters. The standard InChI is InChI=1S/C21H20F3N7O3S/c1-12(21(22,23)24)31-18-7-15(26-9-17(18)29-19(31)11-32)6-14-4-5-25-20(28-14)13-8-27-30(10-13)35(33,34)16-2-3-16/h4-5,7-10,12,16,32H,2-3,6,11H2,1H3/t12-/m1/s1. The monoisotopic (exact) mass is 507 g/mol. The molecule has 1 aliphatic carbocycles. The van der Waals surface area contributed by atoms with Crippen LogP contribution in [-0.4, -0.2) is 58.6 Å². The Morgan fingerprint density at radius 1 is 1.17 bits per heavy atom. The molecular formula is C21H20F3N7O3S. The number of pyridine rings is 1. The minimum atomic E-state index is -4.53. The van der Waals surface area contributed by atoms with Crippen molar-refractivity contribution < 1.29 is 26.7 Å². The van der Waals surface area contributed by atoms with Gasteiger partial charge in [-0.3, -0.25) is 4.98 Å². The highest BCUT2D eigenvalue weighted by Gasteiger charge is 2.39. The summed E-state index contributed by atoms with van der Waals surface area (Å²) in [5, 5.41) is 13.1. The van der Waals surface area contributed by atoms with Gasteiger partial charge in [-0.15, -0.1) is 0 Å². The number of aliphatic hydroxyl groups excluding tert-OH is 1. The Labute approximate surface area is 197 Å². The summed E-state index contributed by atoms with van der Waals surface area (Å²) in [6.45, 7) is 0.352. The van der Waals surface area contributed by atoms with Gasteiger partial charge in [0.2, 0.25) is 0 Å². The van der Waals surface area contributed by atoms with Gasteiger partial charge in [0, 0.05) is 18.3 Å². The smallest absolute Gasteiger partial charge is 0.388 e. The Morgan fingerprint density at radius 3 is 2.63 bits per heavy atom. The zero-order valence-electron chi connectivity index (χ0n) is 18.4. The topological polar surface area (TPSA) is 129 Å². The van der Waals surface area contributed by atoms with E-state index in [0.717, 1.165) is 15.6 Å². The third-order valence-corrected chi connectivity index (χ3v) is 7.84. The van der Waals surface area contributed by atoms with Gasteiger partial charge in [0.25, 0.3) is 10.0 Å². The van der Waals surface area contributed by atoms with Crippen molar-refractivity contribution in [2.45, 2.75) is 50.3 Å². The van der Waals surface area contributed by atoms with Crippen LogP contribution in [0, 0.1) is 0 Å². The van der Waals surface area contributed by atoms with Gasteiger partial charge in [-0.05, 0) is 31.9 Å². The molecule has 1 aliphatic rings. The van der Waals surface area contributed by atoms with Gasteiger partial charge in [0.1, 0.15) is 24.0 Å². The van der Waals surface area contributed by atoms with Crippen LogP contribution in [0.2, 0.25) is 0 Å². The zero-order valence-corrected chi connectivity index (χ0v) is 19.2. The Morgan fingerprint density at radius 2 is 1.94 bits per heavy atom. The van der Waals surface area contributed by atoms with E-state index >= 15 is 0 Å². The molecule has 10 nitrogen and oxygen atoms in total. The minimum absolute atomic E-state index is 0.105. The van der Waals surface area contributed by atoms with Crippen molar-refractivity contribution >= 4 is 21.1 Å². The van der Waals surface area contributed by atoms with Gasteiger partial charge in [0.15, 0.2) is 5.82 Å². The fourth-order valence-electron chi connectivity index (χ4n) is 3.77. The molecule has 1 N–H and O–H groups in total. The van der Waals surface area contributed by atoms with Crippen molar-refractivity contribution in [3.8, 4) is 11.4 Å². The van der Waals surface area contributed by atoms with Crippen LogP contribution >= 0.6 is 0 Å². The Kier molecular flexibility index (Phi) is 5.59. The molecule has 0 aromatic carbocycles. The molecule has 4 heterocycles. The molecule has 0 bridgehead atoms. The lowest BCUT2D eigenvalue weighted by Gasteiger charge is -2.20. The maximum absolute atomic E-state index is 13.4. The molecule has 0 spiro atoms. The van der Waals surface area contributed by atoms with E-state index in [-0.39, 0.29) is 29.1 Å². The number of nitrogens with zero attached hydrogens (tertiary/aromatic N) is 7. The lowest BCUT2D eigenvalue weighted by atomic mass is 10.2. The molecule has 4 aromatic rings. The summed E-state index contributed by atoms with van der Waals surface area (Å²) in [5.74, 6) is 0.158. The number of alkyl halides is 3. The maximum atomic E-state index is 13.4. The number of fused-ring (bicyclic) bond motifs is 1. The lowest BCUT2D eigenvalue weighted by molar-refractivity contribution is -0.162. The number of hydrogen-bond donors (Lipinski definition) is 1. The van der Waals surface area contributed by atoms with Crippen LogP contribution < -0.4 is 0 Å². The molecule has 1 fully saturated rings. The second kappa shape index (κ2) is 8.37. The first kappa shape index (κ1) is 23.4. The first-order valence-electron chi connectivity index (χ1n) is 10.7. The predicted octanol–water partition coefficient (Wildman–Crippen LogP) is 2.63. The number of rotatable bonds is 7. The Bertz CT molecular complexity index is 1510. The van der Waals surface area contributed by atoms with Crippen molar-refractivity contribution in [1.29, 1.82) is 0 Å². The molecule has 4 aromatic heterocycles. The van der Waals surface area contributed by atoms with E-state index < -0.39 is 34.1 Å². The van der Waals surface area contributed by atoms with Crippen molar-refractivity contribution in [2.75, 3.05) is 0 Å². The van der Waals surface area contributed by atoms with E-state index in [2.05, 4.69) is 25.0 Å². The van der Waals surface area contributed by atoms with Gasteiger partial charge < -0.3 is 9.67 Å². The van der Waals surface area contributed by atoms with Crippen LogP contribution in [0.25, 0.3) is 22.4 Å². The normalized spacial score (nSPS) is 15.6. The van der Waals surface area contributed by atoms with Gasteiger partial charge >= 0.3 is 6.18 Å². The second-order valence-electron chi connectivity index (χ2n) is 8.33. The van der Waals surface area contributed by atoms with Crippen molar-refractivity contribution in [2.24, 2.45) is 0 Å². The minimum Gasteiger partial charge on any atom is -0.388 e. The largest absolute Gasteiger partial charge is 0.408 e. The van der Waals surface area contributed by atoms with Gasteiger partial charge in [0.05, 0.1) is 40.6 Å². The molecular weight excluding hydrogens is 487 g/mol. The molecule has 14 heteroatoms. The van der Waals surface area contributed by atoms with Crippen LogP contribution in [0.4, 0.5) is 13.2 Å². The fourth-order valence-corrected chi connectivity index (χ4v) is 5.25. The summed E-state index contributed by atoms with van der Waals surface area (Å²) in [4.78, 5) is 17.0. The summed E-state index contributed by atoms with van der Waals surface area (Å²) in [7, 11) is -3.52. The maximum Gasteiger partial charge on any atom is 0.408 e. The summed E-state index contributed by atoms with van der Waals surface area (Å²) < 4.78 is 66.9. The highest BCUT2D eigenvalue weighted by molar-refractivity contribution is 7.90. The molecule has 0 saturated heterocycles. The number of aromatic nitrogens is 7. The summed E-state index contributed by atoms with van der Waals surface area (Å²) in [6.07, 6.45) is 2.48. The zero-order chi connectivity index (χ0) is 25.0. The number of halogens is 3. The van der Waals surface area contributed by atoms with Crippen molar-refractivity contribution in [1.82, 2.24) is 33.7 Å². The summed E-state index contributed by atoms with van der Waals surface area (Å²) in [6, 6.07) is 1.24. The highest BCUT2D eigenvalue weighted by Crippen LogP contribution is 2.34. The molecule has 5 rings (SSSR count). The van der Waals surface area contributed by atoms with Crippen molar-refractivity contribution in [3.05, 3.63) is 54.1 Å². The first-order chi connectivity index (χ1) is 16.6. The number of imidazole rings is 1. The molecule has 184 valence electrons. The second-order valence-corrected chi connectivity index (χ2v) is 10.4. The average molecular weight is 507 g/mol. The average Bonchev–Trinajstić information content (AvgIpc) is 3.45. The van der Waals surface area contributed by atoms with E-state index in [9.17, 15) is 26.7 Å². The molecule has 0 radical (unpaired) electrons. The summed E-state index contributed by atoms with van der Waals surface area (Å²) in [5.41, 5.74) is 1.82. The quantitative estimate of drug-likeness (QED) is 0.404. The third-order valence-electron chi connectivity index (χ3n) is 5.81. The predicted molar refractivity (Wildman–Crippen MR) is 118 cm³/mol. The Balaban J connectivity index is 1.45. The van der Waals surface area contributed by atoms with Crippen molar-refractivity contribution in [3.63, 3.8) is 0 Å². The molecule has 1 saturated carbocycles. The van der Waals surface area contributed by atoms with Gasteiger partial charge in [-0.25, -0.2) is 23.4 Å². The molecule has 0 amide bonds. The fraction of sp³-hybridized carbons (Fsp3) is 0.381. The SMILES string of the molecule is C[C@@H](n1c(CO)nc2cnc(Cc3ccnc(-c4cnn(S(=O)(=O)C5CC5)c4)n3)cc21)C(F)(F)F. The van der Waals surface area contributed by atoms with E-state index in [1.165, 1.54) is 30.9 Å². The van der Waals surface area contributed by atoms with E-state index in [0.29, 0.717) is 29.8 Å². The van der Waals surface area contributed by atoms with Crippen LogP contribution in [0.5, 0.6) is 0 Å². The number of hydrogen-bond acceptors (Lipinski definition) is 8. The molecule has 35 heavy (non-hydrogen) atoms. The summed E-state index contributed by atoms with van der Waals surface area (Å²) >= 11 is 0. The molecule has 0 unspecified atom stereocenters. The van der Waals surface area contributed by atoms with Crippen LogP contribution in [0.3, 0.4) is 0 Å². The van der Waals surface area contributed by atoms with Gasteiger partial charge in [-0.2, -0.15) is 22.4 Å². The third kappa shape index (κ3) is 4.38. The highest BCUT2D eigenvalue weighted by atomic mass is 32.2. The van der Waals surface area contributed by atoms with E-state index in [1.807, 2.05) is 0 Å². The number of aliphatic hydroxyl groups is 1.